The molecule has 0 spiro atoms. The molecule has 0 radical (unpaired) electrons. The molecule has 0 rings (SSSR count). The zero-order chi connectivity index (χ0) is 34.5. The van der Waals surface area contributed by atoms with Crippen LogP contribution >= 0.6 is 0 Å². The number of nitrogens with zero attached hydrogens (tertiary/aromatic N) is 1. The summed E-state index contributed by atoms with van der Waals surface area (Å²) in [7, 11) is 0. The van der Waals surface area contributed by atoms with Crippen molar-refractivity contribution in [3.05, 3.63) is 0 Å². The van der Waals surface area contributed by atoms with Crippen molar-refractivity contribution in [2.45, 2.75) is 136 Å². The molecule has 0 bridgehead atoms. The van der Waals surface area contributed by atoms with E-state index < -0.39 is 59.5 Å². The van der Waals surface area contributed by atoms with Gasteiger partial charge in [-0.3, -0.25) is 4.90 Å². The van der Waals surface area contributed by atoms with Gasteiger partial charge in [0, 0.05) is 0 Å². The van der Waals surface area contributed by atoms with E-state index in [0.29, 0.717) is 38.5 Å². The summed E-state index contributed by atoms with van der Waals surface area (Å²) >= 11 is 0. The first-order valence-electron chi connectivity index (χ1n) is 15.7. The molecule has 0 aliphatic rings. The topological polar surface area (TPSA) is 201 Å². The molecule has 3 unspecified atom stereocenters. The molecule has 260 valence electrons. The average Bonchev–Trinajstić information content (AvgIpc) is 2.98. The van der Waals surface area contributed by atoms with Crippen LogP contribution in [0.3, 0.4) is 0 Å². The van der Waals surface area contributed by atoms with E-state index in [2.05, 4.69) is 29.3 Å². The summed E-state index contributed by atoms with van der Waals surface area (Å²) in [5.41, 5.74) is -5.86. The van der Waals surface area contributed by atoms with Gasteiger partial charge in [0.25, 0.3) is 0 Å². The Labute approximate surface area is 264 Å². The van der Waals surface area contributed by atoms with Crippen LogP contribution in [-0.2, 0) is 58.1 Å². The third-order valence-electron chi connectivity index (χ3n) is 7.04. The third kappa shape index (κ3) is 15.0. The van der Waals surface area contributed by atoms with Crippen molar-refractivity contribution in [3.8, 4) is 0 Å². The minimum absolute atomic E-state index is 0.0570. The van der Waals surface area contributed by atoms with E-state index in [1.54, 1.807) is 13.8 Å². The number of carbonyl (C=O) groups is 6. The van der Waals surface area contributed by atoms with Crippen LogP contribution in [0.15, 0.2) is 0 Å². The number of hydrogen-bond acceptors (Lipinski definition) is 15. The van der Waals surface area contributed by atoms with Gasteiger partial charge in [0.15, 0.2) is 5.60 Å². The molecule has 0 aromatic carbocycles. The number of aliphatic hydroxyl groups is 2. The quantitative estimate of drug-likeness (QED) is 0.0791. The summed E-state index contributed by atoms with van der Waals surface area (Å²) in [5.74, 6) is -10.3. The lowest BCUT2D eigenvalue weighted by Crippen LogP contribution is -2.65. The summed E-state index contributed by atoms with van der Waals surface area (Å²) in [5, 5.41) is 23.3. The van der Waals surface area contributed by atoms with Gasteiger partial charge in [0.1, 0.15) is 11.6 Å². The molecule has 0 aromatic rings. The Morgan fingerprint density at radius 2 is 0.956 bits per heavy atom. The van der Waals surface area contributed by atoms with Gasteiger partial charge >= 0.3 is 35.8 Å². The smallest absolute Gasteiger partial charge is 0.377 e. The number of carbonyl (C=O) groups excluding carboxylic acids is 6. The summed E-state index contributed by atoms with van der Waals surface area (Å²) in [6.07, 6.45) is 3.94. The monoisotopic (exact) mass is 649 g/mol. The molecular weight excluding hydrogens is 598 g/mol. The lowest BCUT2D eigenvalue weighted by Gasteiger charge is -2.44. The van der Waals surface area contributed by atoms with Crippen molar-refractivity contribution in [2.75, 3.05) is 13.1 Å². The lowest BCUT2D eigenvalue weighted by atomic mass is 9.77. The molecule has 0 aliphatic carbocycles. The summed E-state index contributed by atoms with van der Waals surface area (Å²) in [6.45, 7) is 10.1. The molecule has 0 saturated heterocycles. The van der Waals surface area contributed by atoms with Crippen LogP contribution in [0.2, 0.25) is 0 Å². The largest absolute Gasteiger partial charge is 0.388 e. The summed E-state index contributed by atoms with van der Waals surface area (Å²) < 4.78 is 0. The van der Waals surface area contributed by atoms with Crippen molar-refractivity contribution in [1.82, 2.24) is 4.90 Å². The van der Waals surface area contributed by atoms with Crippen LogP contribution < -0.4 is 0 Å². The Hall–Kier alpha value is -3.30. The highest BCUT2D eigenvalue weighted by Crippen LogP contribution is 2.37. The molecule has 0 heterocycles. The predicted octanol–water partition coefficient (Wildman–Crippen LogP) is 3.52. The van der Waals surface area contributed by atoms with Crippen LogP contribution in [0, 0.1) is 5.92 Å². The Kier molecular flexibility index (Phi) is 20.6. The van der Waals surface area contributed by atoms with Crippen molar-refractivity contribution in [1.29, 1.82) is 0 Å². The fourth-order valence-corrected chi connectivity index (χ4v) is 4.53. The molecule has 0 fully saturated rings. The molecule has 0 aliphatic heterocycles. The van der Waals surface area contributed by atoms with E-state index in [4.69, 9.17) is 0 Å². The van der Waals surface area contributed by atoms with Gasteiger partial charge < -0.3 is 10.2 Å². The minimum Gasteiger partial charge on any atom is -0.377 e. The van der Waals surface area contributed by atoms with Crippen molar-refractivity contribution < 1.29 is 68.3 Å². The van der Waals surface area contributed by atoms with E-state index in [-0.39, 0.29) is 32.4 Å². The number of unbranched alkanes of at least 4 members (excludes halogenated alkanes) is 6. The van der Waals surface area contributed by atoms with Crippen molar-refractivity contribution >= 4 is 35.8 Å². The highest BCUT2D eigenvalue weighted by atomic mass is 17.2. The third-order valence-corrected chi connectivity index (χ3v) is 7.04. The number of hydrogen-bond donors (Lipinski definition) is 2. The second kappa shape index (κ2) is 22.2. The van der Waals surface area contributed by atoms with Crippen LogP contribution in [0.4, 0.5) is 0 Å². The molecular formula is C30H51NO14. The van der Waals surface area contributed by atoms with Gasteiger partial charge in [0.2, 0.25) is 0 Å². The Balaban J connectivity index is 6.40. The minimum atomic E-state index is -3.38. The van der Waals surface area contributed by atoms with Crippen LogP contribution in [0.25, 0.3) is 0 Å². The van der Waals surface area contributed by atoms with E-state index >= 15 is 0 Å². The number of rotatable bonds is 21. The van der Waals surface area contributed by atoms with Gasteiger partial charge in [-0.25, -0.2) is 58.1 Å². The molecule has 0 aromatic heterocycles. The fraction of sp³-hybridized carbons (Fsp3) is 0.800. The SMILES string of the molecule is CCCCCC(=O)OOC(=O)CC(O)(C(=O)OOC(=O)CCCCC)C(C(=O)OOC(=O)CCCCC)C(C)(O)N(CC)CC. The Morgan fingerprint density at radius 1 is 0.578 bits per heavy atom. The first kappa shape index (κ1) is 41.7. The summed E-state index contributed by atoms with van der Waals surface area (Å²) in [4.78, 5) is 104. The first-order chi connectivity index (χ1) is 21.2. The fourth-order valence-electron chi connectivity index (χ4n) is 4.53. The van der Waals surface area contributed by atoms with Gasteiger partial charge in [-0.2, -0.15) is 0 Å². The highest BCUT2D eigenvalue weighted by molar-refractivity contribution is 5.92. The van der Waals surface area contributed by atoms with Gasteiger partial charge in [-0.1, -0.05) is 73.1 Å². The standard InChI is InChI=1S/C30H51NO14/c1-7-12-15-18-22(32)40-43-25(35)21-30(39,28(37)45-42-24(34)20-17-14-9-3)26(29(6,38)31(10-4)11-5)27(36)44-41-23(33)19-16-13-8-2/h26,38-39H,7-21H2,1-6H3. The van der Waals surface area contributed by atoms with E-state index in [1.807, 2.05) is 20.8 Å². The molecule has 2 N–H and O–H groups in total. The highest BCUT2D eigenvalue weighted by Gasteiger charge is 2.62. The zero-order valence-corrected chi connectivity index (χ0v) is 27.4. The van der Waals surface area contributed by atoms with Crippen LogP contribution in [0.5, 0.6) is 0 Å². The maximum Gasteiger partial charge on any atom is 0.388 e. The maximum absolute atomic E-state index is 13.4. The molecule has 45 heavy (non-hydrogen) atoms. The molecule has 0 amide bonds. The molecule has 15 nitrogen and oxygen atoms in total. The first-order valence-corrected chi connectivity index (χ1v) is 15.7. The second-order valence-electron chi connectivity index (χ2n) is 10.8. The average molecular weight is 650 g/mol. The second-order valence-corrected chi connectivity index (χ2v) is 10.8. The van der Waals surface area contributed by atoms with Gasteiger partial charge in [0.05, 0.1) is 25.7 Å². The van der Waals surface area contributed by atoms with Crippen molar-refractivity contribution in [2.24, 2.45) is 5.92 Å². The van der Waals surface area contributed by atoms with Gasteiger partial charge in [-0.15, -0.1) is 0 Å². The normalized spacial score (nSPS) is 14.3. The Morgan fingerprint density at radius 3 is 1.36 bits per heavy atom. The lowest BCUT2D eigenvalue weighted by molar-refractivity contribution is -0.297. The maximum atomic E-state index is 13.4. The molecule has 0 saturated carbocycles. The molecule has 3 atom stereocenters. The summed E-state index contributed by atoms with van der Waals surface area (Å²) in [6, 6.07) is 0. The van der Waals surface area contributed by atoms with E-state index in [9.17, 15) is 39.0 Å². The predicted molar refractivity (Wildman–Crippen MR) is 156 cm³/mol. The zero-order valence-electron chi connectivity index (χ0n) is 27.4. The van der Waals surface area contributed by atoms with E-state index in [1.165, 1.54) is 4.90 Å². The van der Waals surface area contributed by atoms with Gasteiger partial charge in [-0.05, 0) is 39.3 Å². The van der Waals surface area contributed by atoms with Crippen LogP contribution in [0.1, 0.15) is 125 Å². The molecule has 15 heteroatoms. The Bertz CT molecular complexity index is 949. The van der Waals surface area contributed by atoms with Crippen molar-refractivity contribution in [3.63, 3.8) is 0 Å². The van der Waals surface area contributed by atoms with E-state index in [0.717, 1.165) is 26.2 Å². The van der Waals surface area contributed by atoms with Crippen LogP contribution in [-0.4, -0.2) is 75.3 Å².